The van der Waals surface area contributed by atoms with Crippen LogP contribution in [0.25, 0.3) is 0 Å². The van der Waals surface area contributed by atoms with Gasteiger partial charge in [-0.1, -0.05) is 51.2 Å². The summed E-state index contributed by atoms with van der Waals surface area (Å²) < 4.78 is 0. The van der Waals surface area contributed by atoms with Gasteiger partial charge in [-0.3, -0.25) is 9.59 Å². The maximum absolute atomic E-state index is 11.7. The average molecular weight is 261 g/mol. The highest BCUT2D eigenvalue weighted by atomic mass is 16.1. The third kappa shape index (κ3) is 6.75. The number of unbranched alkanes of at least 4 members (excludes halogenated alkanes) is 5. The Hall–Kier alpha value is -1.64. The molecule has 0 aliphatic carbocycles. The lowest BCUT2D eigenvalue weighted by atomic mass is 10.1. The van der Waals surface area contributed by atoms with Gasteiger partial charge in [0, 0.05) is 17.7 Å². The molecule has 0 unspecified atom stereocenters. The molecule has 19 heavy (non-hydrogen) atoms. The first-order valence-corrected chi connectivity index (χ1v) is 7.11. The Morgan fingerprint density at radius 3 is 2.63 bits per heavy atom. The summed E-state index contributed by atoms with van der Waals surface area (Å²) >= 11 is 0. The van der Waals surface area contributed by atoms with Gasteiger partial charge in [-0.25, -0.2) is 0 Å². The number of amides is 1. The minimum atomic E-state index is 0.0264. The Morgan fingerprint density at radius 2 is 1.89 bits per heavy atom. The predicted molar refractivity (Wildman–Crippen MR) is 78.5 cm³/mol. The second kappa shape index (κ2) is 9.31. The van der Waals surface area contributed by atoms with Crippen LogP contribution in [0.15, 0.2) is 24.3 Å². The Labute approximate surface area is 115 Å². The van der Waals surface area contributed by atoms with Gasteiger partial charge >= 0.3 is 0 Å². The van der Waals surface area contributed by atoms with Crippen molar-refractivity contribution in [1.82, 2.24) is 0 Å². The highest BCUT2D eigenvalue weighted by Crippen LogP contribution is 2.11. The molecule has 3 heteroatoms. The molecule has 0 bridgehead atoms. The average Bonchev–Trinajstić information content (AvgIpc) is 2.43. The maximum atomic E-state index is 11.7. The zero-order valence-corrected chi connectivity index (χ0v) is 11.7. The SMILES string of the molecule is CCCCCCCCC(=O)Nc1cccc(C=O)c1. The van der Waals surface area contributed by atoms with Gasteiger partial charge < -0.3 is 5.32 Å². The number of benzene rings is 1. The lowest BCUT2D eigenvalue weighted by Crippen LogP contribution is -2.11. The van der Waals surface area contributed by atoms with E-state index in [0.717, 1.165) is 19.1 Å². The molecule has 0 saturated heterocycles. The first-order chi connectivity index (χ1) is 9.26. The van der Waals surface area contributed by atoms with Gasteiger partial charge in [-0.15, -0.1) is 0 Å². The van der Waals surface area contributed by atoms with Crippen molar-refractivity contribution in [2.45, 2.75) is 51.9 Å². The first-order valence-electron chi connectivity index (χ1n) is 7.11. The van der Waals surface area contributed by atoms with Crippen LogP contribution in [0.5, 0.6) is 0 Å². The lowest BCUT2D eigenvalue weighted by Gasteiger charge is -2.05. The summed E-state index contributed by atoms with van der Waals surface area (Å²) in [5.41, 5.74) is 1.28. The van der Waals surface area contributed by atoms with Crippen molar-refractivity contribution in [3.63, 3.8) is 0 Å². The van der Waals surface area contributed by atoms with E-state index in [-0.39, 0.29) is 5.91 Å². The predicted octanol–water partition coefficient (Wildman–Crippen LogP) is 4.19. The molecule has 1 rings (SSSR count). The van der Waals surface area contributed by atoms with Crippen LogP contribution >= 0.6 is 0 Å². The standard InChI is InChI=1S/C16H23NO2/c1-2-3-4-5-6-7-11-16(19)17-15-10-8-9-14(12-15)13-18/h8-10,12-13H,2-7,11H2,1H3,(H,17,19). The number of carbonyl (C=O) groups excluding carboxylic acids is 2. The molecule has 0 spiro atoms. The Balaban J connectivity index is 2.21. The molecule has 0 atom stereocenters. The van der Waals surface area contributed by atoms with E-state index >= 15 is 0 Å². The van der Waals surface area contributed by atoms with E-state index < -0.39 is 0 Å². The number of nitrogens with one attached hydrogen (secondary N) is 1. The summed E-state index contributed by atoms with van der Waals surface area (Å²) in [7, 11) is 0. The van der Waals surface area contributed by atoms with Gasteiger partial charge in [0.2, 0.25) is 5.91 Å². The van der Waals surface area contributed by atoms with Crippen LogP contribution in [-0.4, -0.2) is 12.2 Å². The van der Waals surface area contributed by atoms with E-state index in [1.807, 2.05) is 0 Å². The molecule has 104 valence electrons. The summed E-state index contributed by atoms with van der Waals surface area (Å²) in [6.07, 6.45) is 8.38. The van der Waals surface area contributed by atoms with Crippen LogP contribution in [0.2, 0.25) is 0 Å². The van der Waals surface area contributed by atoms with E-state index in [0.29, 0.717) is 17.7 Å². The quantitative estimate of drug-likeness (QED) is 0.535. The second-order valence-corrected chi connectivity index (χ2v) is 4.81. The zero-order valence-electron chi connectivity index (χ0n) is 11.7. The molecule has 1 N–H and O–H groups in total. The minimum Gasteiger partial charge on any atom is -0.326 e. The molecule has 0 fully saturated rings. The molecule has 0 heterocycles. The van der Waals surface area contributed by atoms with Crippen LogP contribution in [0.3, 0.4) is 0 Å². The second-order valence-electron chi connectivity index (χ2n) is 4.81. The lowest BCUT2D eigenvalue weighted by molar-refractivity contribution is -0.116. The Bertz CT molecular complexity index is 401. The summed E-state index contributed by atoms with van der Waals surface area (Å²) in [5.74, 6) is 0.0264. The highest BCUT2D eigenvalue weighted by Gasteiger charge is 2.02. The molecule has 0 aromatic heterocycles. The van der Waals surface area contributed by atoms with E-state index in [2.05, 4.69) is 12.2 Å². The first kappa shape index (κ1) is 15.4. The van der Waals surface area contributed by atoms with E-state index in [9.17, 15) is 9.59 Å². The number of aldehydes is 1. The van der Waals surface area contributed by atoms with Crippen molar-refractivity contribution in [3.8, 4) is 0 Å². The van der Waals surface area contributed by atoms with Crippen molar-refractivity contribution in [2.75, 3.05) is 5.32 Å². The molecular weight excluding hydrogens is 238 g/mol. The Morgan fingerprint density at radius 1 is 1.16 bits per heavy atom. The normalized spacial score (nSPS) is 10.2. The topological polar surface area (TPSA) is 46.2 Å². The molecule has 1 aromatic carbocycles. The van der Waals surface area contributed by atoms with Crippen LogP contribution in [0, 0.1) is 0 Å². The van der Waals surface area contributed by atoms with Crippen LogP contribution < -0.4 is 5.32 Å². The van der Waals surface area contributed by atoms with Gasteiger partial charge in [0.1, 0.15) is 6.29 Å². The summed E-state index contributed by atoms with van der Waals surface area (Å²) in [5, 5.41) is 2.82. The van der Waals surface area contributed by atoms with E-state index in [1.165, 1.54) is 25.7 Å². The van der Waals surface area contributed by atoms with Gasteiger partial charge in [0.25, 0.3) is 0 Å². The molecule has 0 radical (unpaired) electrons. The molecule has 3 nitrogen and oxygen atoms in total. The maximum Gasteiger partial charge on any atom is 0.224 e. The third-order valence-corrected chi connectivity index (χ3v) is 3.06. The largest absolute Gasteiger partial charge is 0.326 e. The molecule has 0 aliphatic heterocycles. The number of hydrogen-bond donors (Lipinski definition) is 1. The minimum absolute atomic E-state index is 0.0264. The van der Waals surface area contributed by atoms with Crippen LogP contribution in [0.1, 0.15) is 62.2 Å². The molecular formula is C16H23NO2. The van der Waals surface area contributed by atoms with Gasteiger partial charge in [-0.2, -0.15) is 0 Å². The van der Waals surface area contributed by atoms with E-state index in [1.54, 1.807) is 24.3 Å². The van der Waals surface area contributed by atoms with Crippen molar-refractivity contribution < 1.29 is 9.59 Å². The smallest absolute Gasteiger partial charge is 0.224 e. The van der Waals surface area contributed by atoms with Crippen LogP contribution in [0.4, 0.5) is 5.69 Å². The number of hydrogen-bond acceptors (Lipinski definition) is 2. The Kier molecular flexibility index (Phi) is 7.56. The van der Waals surface area contributed by atoms with Gasteiger partial charge in [0.05, 0.1) is 0 Å². The highest BCUT2D eigenvalue weighted by molar-refractivity contribution is 5.91. The fraction of sp³-hybridized carbons (Fsp3) is 0.500. The van der Waals surface area contributed by atoms with Crippen molar-refractivity contribution >= 4 is 17.9 Å². The third-order valence-electron chi connectivity index (χ3n) is 3.06. The summed E-state index contributed by atoms with van der Waals surface area (Å²) in [6, 6.07) is 6.97. The van der Waals surface area contributed by atoms with Crippen molar-refractivity contribution in [1.29, 1.82) is 0 Å². The molecule has 0 aliphatic rings. The van der Waals surface area contributed by atoms with Crippen molar-refractivity contribution in [3.05, 3.63) is 29.8 Å². The van der Waals surface area contributed by atoms with Gasteiger partial charge in [-0.05, 0) is 18.6 Å². The fourth-order valence-corrected chi connectivity index (χ4v) is 1.98. The van der Waals surface area contributed by atoms with Gasteiger partial charge in [0.15, 0.2) is 0 Å². The monoisotopic (exact) mass is 261 g/mol. The van der Waals surface area contributed by atoms with Crippen molar-refractivity contribution in [2.24, 2.45) is 0 Å². The number of anilines is 1. The molecule has 0 saturated carbocycles. The summed E-state index contributed by atoms with van der Waals surface area (Å²) in [6.45, 7) is 2.20. The molecule has 1 aromatic rings. The fourth-order valence-electron chi connectivity index (χ4n) is 1.98. The molecule has 1 amide bonds. The number of carbonyl (C=O) groups is 2. The number of rotatable bonds is 9. The summed E-state index contributed by atoms with van der Waals surface area (Å²) in [4.78, 5) is 22.3. The van der Waals surface area contributed by atoms with E-state index in [4.69, 9.17) is 0 Å². The van der Waals surface area contributed by atoms with Crippen LogP contribution in [-0.2, 0) is 4.79 Å². The zero-order chi connectivity index (χ0) is 13.9.